The van der Waals surface area contributed by atoms with E-state index >= 15 is 0 Å². The van der Waals surface area contributed by atoms with Crippen molar-refractivity contribution < 1.29 is 19.0 Å². The lowest BCUT2D eigenvalue weighted by atomic mass is 10.1. The number of nitrogens with zero attached hydrogens (tertiary/aromatic N) is 6. The third-order valence-electron chi connectivity index (χ3n) is 7.93. The summed E-state index contributed by atoms with van der Waals surface area (Å²) in [6.07, 6.45) is 3.33. The summed E-state index contributed by atoms with van der Waals surface area (Å²) in [5, 5.41) is 3.24. The van der Waals surface area contributed by atoms with Crippen LogP contribution in [-0.2, 0) is 6.42 Å². The zero-order valence-electron chi connectivity index (χ0n) is 27.3. The maximum Gasteiger partial charge on any atom is 0.420 e. The second-order valence-electron chi connectivity index (χ2n) is 11.5. The van der Waals surface area contributed by atoms with Crippen molar-refractivity contribution >= 4 is 23.5 Å². The Morgan fingerprint density at radius 3 is 2.43 bits per heavy atom. The van der Waals surface area contributed by atoms with E-state index in [1.165, 1.54) is 4.90 Å². The van der Waals surface area contributed by atoms with Crippen molar-refractivity contribution in [1.82, 2.24) is 24.8 Å². The molecule has 1 aliphatic rings. The Labute approximate surface area is 271 Å². The zero-order valence-corrected chi connectivity index (χ0v) is 27.3. The number of carbonyl (C=O) groups is 1. The smallest absolute Gasteiger partial charge is 0.420 e. The summed E-state index contributed by atoms with van der Waals surface area (Å²) in [5.74, 6) is 2.54. The van der Waals surface area contributed by atoms with Gasteiger partial charge in [-0.25, -0.2) is 9.78 Å². The van der Waals surface area contributed by atoms with Crippen molar-refractivity contribution in [3.8, 4) is 17.2 Å². The summed E-state index contributed by atoms with van der Waals surface area (Å²) in [7, 11) is 3.77. The fourth-order valence-corrected chi connectivity index (χ4v) is 5.45. The molecule has 4 aromatic rings. The fraction of sp³-hybridized carbons (Fsp3) is 0.371. The number of carbonyl (C=O) groups excluding carboxylic acids is 1. The van der Waals surface area contributed by atoms with E-state index in [-0.39, 0.29) is 0 Å². The van der Waals surface area contributed by atoms with Crippen LogP contribution in [0.25, 0.3) is 0 Å². The number of anilines is 3. The molecule has 1 amide bonds. The first-order chi connectivity index (χ1) is 22.3. The molecule has 2 aromatic heterocycles. The molecule has 242 valence electrons. The van der Waals surface area contributed by atoms with Gasteiger partial charge in [0.15, 0.2) is 11.5 Å². The third-order valence-corrected chi connectivity index (χ3v) is 7.93. The van der Waals surface area contributed by atoms with Crippen LogP contribution in [0, 0.1) is 20.8 Å². The average molecular weight is 626 g/mol. The quantitative estimate of drug-likeness (QED) is 0.219. The molecule has 0 atom stereocenters. The highest BCUT2D eigenvalue weighted by Crippen LogP contribution is 2.31. The number of methoxy groups -OCH3 is 1. The first-order valence-electron chi connectivity index (χ1n) is 15.6. The van der Waals surface area contributed by atoms with Crippen molar-refractivity contribution in [2.24, 2.45) is 0 Å². The summed E-state index contributed by atoms with van der Waals surface area (Å²) < 4.78 is 17.7. The second kappa shape index (κ2) is 15.5. The molecule has 1 saturated heterocycles. The molecule has 11 heteroatoms. The molecule has 0 spiro atoms. The number of hydrogen-bond acceptors (Lipinski definition) is 10. The van der Waals surface area contributed by atoms with Gasteiger partial charge in [-0.1, -0.05) is 23.8 Å². The molecule has 1 N–H and O–H groups in total. The highest BCUT2D eigenvalue weighted by Gasteiger charge is 2.22. The van der Waals surface area contributed by atoms with Crippen molar-refractivity contribution in [3.63, 3.8) is 0 Å². The van der Waals surface area contributed by atoms with E-state index in [1.54, 1.807) is 25.6 Å². The standard InChI is InChI=1S/C35H43N7O4/c1-25-22-26(2)33(27(3)23-25)46-35(43)42(15-12-28-8-6-7-13-36-28)32-11-14-37-34(39-32)38-29-9-10-30(31(24-29)44-5)45-21-20-41-18-16-40(4)17-19-41/h6-11,13-14,22-24H,12,15-21H2,1-5H3,(H,37,38,39). The Kier molecular flexibility index (Phi) is 11.0. The molecule has 46 heavy (non-hydrogen) atoms. The number of piperazine rings is 1. The van der Waals surface area contributed by atoms with Crippen molar-refractivity contribution in [2.45, 2.75) is 27.2 Å². The molecular weight excluding hydrogens is 582 g/mol. The van der Waals surface area contributed by atoms with Gasteiger partial charge < -0.3 is 24.4 Å². The summed E-state index contributed by atoms with van der Waals surface area (Å²) in [4.78, 5) is 33.5. The van der Waals surface area contributed by atoms with Crippen LogP contribution in [-0.4, -0.2) is 90.9 Å². The Hall–Kier alpha value is -4.74. The molecule has 11 nitrogen and oxygen atoms in total. The van der Waals surface area contributed by atoms with Gasteiger partial charge in [0, 0.05) is 75.5 Å². The van der Waals surface area contributed by atoms with Crippen LogP contribution in [0.1, 0.15) is 22.4 Å². The van der Waals surface area contributed by atoms with Gasteiger partial charge in [-0.15, -0.1) is 0 Å². The predicted octanol–water partition coefficient (Wildman–Crippen LogP) is 5.42. The monoisotopic (exact) mass is 625 g/mol. The van der Waals surface area contributed by atoms with Gasteiger partial charge in [-0.3, -0.25) is 14.8 Å². The van der Waals surface area contributed by atoms with Gasteiger partial charge in [0.2, 0.25) is 5.95 Å². The summed E-state index contributed by atoms with van der Waals surface area (Å²) in [6.45, 7) is 11.9. The van der Waals surface area contributed by atoms with E-state index in [0.29, 0.717) is 54.3 Å². The number of hydrogen-bond donors (Lipinski definition) is 1. The molecule has 2 aromatic carbocycles. The van der Waals surface area contributed by atoms with Gasteiger partial charge >= 0.3 is 6.09 Å². The number of amides is 1. The highest BCUT2D eigenvalue weighted by molar-refractivity contribution is 5.88. The van der Waals surface area contributed by atoms with Crippen molar-refractivity contribution in [2.75, 3.05) is 70.2 Å². The lowest BCUT2D eigenvalue weighted by molar-refractivity contribution is 0.133. The van der Waals surface area contributed by atoms with Crippen molar-refractivity contribution in [1.29, 1.82) is 0 Å². The van der Waals surface area contributed by atoms with Crippen LogP contribution in [0.15, 0.2) is 67.0 Å². The van der Waals surface area contributed by atoms with E-state index in [2.05, 4.69) is 37.1 Å². The SMILES string of the molecule is COc1cc(Nc2nccc(N(CCc3ccccn3)C(=O)Oc3c(C)cc(C)cc3C)n2)ccc1OCCN1CCN(C)CC1. The van der Waals surface area contributed by atoms with Crippen LogP contribution >= 0.6 is 0 Å². The Morgan fingerprint density at radius 2 is 1.72 bits per heavy atom. The van der Waals surface area contributed by atoms with Crippen LogP contribution < -0.4 is 24.4 Å². The Bertz CT molecular complexity index is 1590. The molecular formula is C35H43N7O4. The van der Waals surface area contributed by atoms with Gasteiger partial charge in [-0.05, 0) is 69.3 Å². The number of ether oxygens (including phenoxy) is 3. The van der Waals surface area contributed by atoms with Gasteiger partial charge in [0.05, 0.1) is 7.11 Å². The van der Waals surface area contributed by atoms with Crippen LogP contribution in [0.2, 0.25) is 0 Å². The lowest BCUT2D eigenvalue weighted by Crippen LogP contribution is -2.45. The van der Waals surface area contributed by atoms with Crippen LogP contribution in [0.5, 0.6) is 17.2 Å². The molecule has 1 aliphatic heterocycles. The van der Waals surface area contributed by atoms with E-state index in [9.17, 15) is 4.79 Å². The number of benzene rings is 2. The largest absolute Gasteiger partial charge is 0.493 e. The summed E-state index contributed by atoms with van der Waals surface area (Å²) in [6, 6.07) is 17.0. The Morgan fingerprint density at radius 1 is 0.935 bits per heavy atom. The minimum absolute atomic E-state index is 0.310. The molecule has 3 heterocycles. The molecule has 0 unspecified atom stereocenters. The molecule has 5 rings (SSSR count). The number of nitrogens with one attached hydrogen (secondary N) is 1. The van der Waals surface area contributed by atoms with Gasteiger partial charge in [0.25, 0.3) is 0 Å². The summed E-state index contributed by atoms with van der Waals surface area (Å²) in [5.41, 5.74) is 4.46. The van der Waals surface area contributed by atoms with Crippen LogP contribution in [0.3, 0.4) is 0 Å². The topological polar surface area (TPSA) is 105 Å². The molecule has 0 aliphatic carbocycles. The average Bonchev–Trinajstić information content (AvgIpc) is 3.05. The minimum atomic E-state index is -0.532. The maximum absolute atomic E-state index is 13.7. The summed E-state index contributed by atoms with van der Waals surface area (Å²) >= 11 is 0. The fourth-order valence-electron chi connectivity index (χ4n) is 5.45. The number of pyridine rings is 1. The minimum Gasteiger partial charge on any atom is -0.493 e. The number of rotatable bonds is 12. The predicted molar refractivity (Wildman–Crippen MR) is 180 cm³/mol. The first-order valence-corrected chi connectivity index (χ1v) is 15.6. The van der Waals surface area contributed by atoms with E-state index in [1.807, 2.05) is 69.3 Å². The number of aromatic nitrogens is 3. The van der Waals surface area contributed by atoms with Gasteiger partial charge in [0.1, 0.15) is 18.2 Å². The molecule has 0 radical (unpaired) electrons. The van der Waals surface area contributed by atoms with E-state index in [4.69, 9.17) is 14.2 Å². The highest BCUT2D eigenvalue weighted by atomic mass is 16.6. The van der Waals surface area contributed by atoms with Gasteiger partial charge in [-0.2, -0.15) is 4.98 Å². The second-order valence-corrected chi connectivity index (χ2v) is 11.5. The molecule has 0 bridgehead atoms. The Balaban J connectivity index is 1.30. The molecule has 1 fully saturated rings. The first kappa shape index (κ1) is 32.6. The number of aryl methyl sites for hydroxylation is 3. The van der Waals surface area contributed by atoms with E-state index in [0.717, 1.165) is 55.1 Å². The normalized spacial score (nSPS) is 13.7. The number of likely N-dealkylation sites (N-methyl/N-ethyl adjacent to an activating group) is 1. The third kappa shape index (κ3) is 8.70. The van der Waals surface area contributed by atoms with Crippen molar-refractivity contribution in [3.05, 3.63) is 89.4 Å². The zero-order chi connectivity index (χ0) is 32.5. The molecule has 0 saturated carbocycles. The van der Waals surface area contributed by atoms with Crippen LogP contribution in [0.4, 0.5) is 22.2 Å². The lowest BCUT2D eigenvalue weighted by Gasteiger charge is -2.32. The van der Waals surface area contributed by atoms with E-state index < -0.39 is 6.09 Å². The maximum atomic E-state index is 13.7.